The van der Waals surface area contributed by atoms with Crippen LogP contribution in [0.2, 0.25) is 0 Å². The Balaban J connectivity index is 1.21. The number of likely N-dealkylation sites (tertiary alicyclic amines) is 2. The Hall–Kier alpha value is -1.63. The van der Waals surface area contributed by atoms with Crippen LogP contribution >= 0.6 is 0 Å². The zero-order chi connectivity index (χ0) is 19.6. The molecule has 3 fully saturated rings. The number of aliphatic hydroxyl groups is 1. The van der Waals surface area contributed by atoms with E-state index in [9.17, 15) is 9.90 Å². The lowest BCUT2D eigenvalue weighted by Gasteiger charge is -2.38. The van der Waals surface area contributed by atoms with Crippen molar-refractivity contribution >= 4 is 5.91 Å². The number of aryl methyl sites for hydroxylation is 1. The highest BCUT2D eigenvalue weighted by molar-refractivity contribution is 5.77. The summed E-state index contributed by atoms with van der Waals surface area (Å²) < 4.78 is 11.8. The maximum atomic E-state index is 12.5. The Bertz CT molecular complexity index is 670. The molecule has 4 rings (SSSR count). The van der Waals surface area contributed by atoms with E-state index in [4.69, 9.17) is 9.47 Å². The average molecular weight is 389 g/mol. The first-order valence-electron chi connectivity index (χ1n) is 10.5. The fraction of sp³-hybridized carbons (Fsp3) is 0.682. The molecule has 3 saturated heterocycles. The molecule has 1 spiro atoms. The number of benzene rings is 1. The molecule has 2 atom stereocenters. The molecular formula is C22H32N2O4. The molecule has 154 valence electrons. The highest BCUT2D eigenvalue weighted by atomic mass is 16.5. The van der Waals surface area contributed by atoms with Crippen LogP contribution < -0.4 is 4.74 Å². The van der Waals surface area contributed by atoms with Crippen LogP contribution in [0.4, 0.5) is 0 Å². The third-order valence-electron chi connectivity index (χ3n) is 6.56. The Morgan fingerprint density at radius 1 is 1.25 bits per heavy atom. The van der Waals surface area contributed by atoms with Crippen LogP contribution in [0.15, 0.2) is 24.3 Å². The van der Waals surface area contributed by atoms with E-state index in [2.05, 4.69) is 4.90 Å². The van der Waals surface area contributed by atoms with Gasteiger partial charge in [-0.05, 0) is 50.2 Å². The van der Waals surface area contributed by atoms with E-state index in [-0.39, 0.29) is 30.1 Å². The predicted molar refractivity (Wildman–Crippen MR) is 106 cm³/mol. The molecule has 28 heavy (non-hydrogen) atoms. The second kappa shape index (κ2) is 8.39. The largest absolute Gasteiger partial charge is 0.484 e. The number of amides is 1. The van der Waals surface area contributed by atoms with E-state index in [0.29, 0.717) is 0 Å². The number of ether oxygens (including phenoxy) is 2. The number of nitrogens with zero attached hydrogens (tertiary/aromatic N) is 2. The molecule has 6 nitrogen and oxygen atoms in total. The molecule has 0 aromatic heterocycles. The van der Waals surface area contributed by atoms with Crippen molar-refractivity contribution in [2.24, 2.45) is 5.41 Å². The van der Waals surface area contributed by atoms with Gasteiger partial charge in [0, 0.05) is 32.7 Å². The van der Waals surface area contributed by atoms with E-state index < -0.39 is 0 Å². The Morgan fingerprint density at radius 2 is 2.00 bits per heavy atom. The molecule has 1 N–H and O–H groups in total. The summed E-state index contributed by atoms with van der Waals surface area (Å²) in [4.78, 5) is 16.8. The Morgan fingerprint density at radius 3 is 2.68 bits per heavy atom. The van der Waals surface area contributed by atoms with Gasteiger partial charge in [0.2, 0.25) is 0 Å². The van der Waals surface area contributed by atoms with Crippen molar-refractivity contribution in [3.8, 4) is 5.75 Å². The summed E-state index contributed by atoms with van der Waals surface area (Å²) in [5.41, 5.74) is 1.40. The third-order valence-corrected chi connectivity index (χ3v) is 6.56. The molecule has 1 aromatic carbocycles. The number of rotatable bonds is 5. The quantitative estimate of drug-likeness (QED) is 0.834. The van der Waals surface area contributed by atoms with Gasteiger partial charge in [-0.15, -0.1) is 0 Å². The standard InChI is InChI=1S/C22H32N2O4/c1-17-2-4-19(5-3-17)27-15-21(26)24-10-7-22(8-11-24)12-20(28-16-22)14-23-9-6-18(25)13-23/h2-5,18,20,25H,6-16H2,1H3. The van der Waals surface area contributed by atoms with Crippen LogP contribution in [0, 0.1) is 12.3 Å². The van der Waals surface area contributed by atoms with Gasteiger partial charge in [0.1, 0.15) is 5.75 Å². The van der Waals surface area contributed by atoms with Crippen molar-refractivity contribution < 1.29 is 19.4 Å². The molecule has 3 aliphatic heterocycles. The van der Waals surface area contributed by atoms with E-state index in [1.807, 2.05) is 36.1 Å². The lowest BCUT2D eigenvalue weighted by Crippen LogP contribution is -2.45. The molecule has 1 amide bonds. The first kappa shape index (κ1) is 19.7. The minimum Gasteiger partial charge on any atom is -0.484 e. The van der Waals surface area contributed by atoms with E-state index in [0.717, 1.165) is 70.8 Å². The zero-order valence-corrected chi connectivity index (χ0v) is 16.8. The molecular weight excluding hydrogens is 356 g/mol. The minimum atomic E-state index is -0.174. The Labute approximate surface area is 167 Å². The third kappa shape index (κ3) is 4.67. The van der Waals surface area contributed by atoms with Gasteiger partial charge < -0.3 is 19.5 Å². The van der Waals surface area contributed by atoms with Crippen LogP contribution in [-0.4, -0.2) is 79.0 Å². The summed E-state index contributed by atoms with van der Waals surface area (Å²) in [7, 11) is 0. The van der Waals surface area contributed by atoms with Crippen LogP contribution in [0.3, 0.4) is 0 Å². The molecule has 0 bridgehead atoms. The van der Waals surface area contributed by atoms with Gasteiger partial charge in [-0.25, -0.2) is 0 Å². The van der Waals surface area contributed by atoms with E-state index in [1.54, 1.807) is 0 Å². The first-order chi connectivity index (χ1) is 13.5. The van der Waals surface area contributed by atoms with Crippen molar-refractivity contribution in [1.82, 2.24) is 9.80 Å². The number of β-amino-alcohol motifs (C(OH)–C–C–N with tert-alkyl or cyclic N) is 1. The lowest BCUT2D eigenvalue weighted by molar-refractivity contribution is -0.135. The topological polar surface area (TPSA) is 62.2 Å². The van der Waals surface area contributed by atoms with Gasteiger partial charge in [-0.1, -0.05) is 17.7 Å². The fourth-order valence-electron chi connectivity index (χ4n) is 4.73. The van der Waals surface area contributed by atoms with E-state index >= 15 is 0 Å². The van der Waals surface area contributed by atoms with Crippen molar-refractivity contribution in [3.05, 3.63) is 29.8 Å². The number of carbonyl (C=O) groups is 1. The van der Waals surface area contributed by atoms with Crippen LogP contribution in [0.1, 0.15) is 31.2 Å². The number of hydrogen-bond donors (Lipinski definition) is 1. The van der Waals surface area contributed by atoms with Crippen molar-refractivity contribution in [3.63, 3.8) is 0 Å². The fourth-order valence-corrected chi connectivity index (χ4v) is 4.73. The number of hydrogen-bond acceptors (Lipinski definition) is 5. The minimum absolute atomic E-state index is 0.0666. The van der Waals surface area contributed by atoms with Gasteiger partial charge in [0.25, 0.3) is 5.91 Å². The molecule has 1 aromatic rings. The average Bonchev–Trinajstić information content (AvgIpc) is 3.28. The molecule has 6 heteroatoms. The summed E-state index contributed by atoms with van der Waals surface area (Å²) in [6, 6.07) is 7.79. The van der Waals surface area contributed by atoms with Crippen LogP contribution in [0.5, 0.6) is 5.75 Å². The summed E-state index contributed by atoms with van der Waals surface area (Å²) in [5, 5.41) is 9.70. The normalized spacial score (nSPS) is 27.4. The van der Waals surface area contributed by atoms with Crippen LogP contribution in [0.25, 0.3) is 0 Å². The monoisotopic (exact) mass is 388 g/mol. The lowest BCUT2D eigenvalue weighted by atomic mass is 9.76. The smallest absolute Gasteiger partial charge is 0.260 e. The summed E-state index contributed by atoms with van der Waals surface area (Å²) in [6.45, 7) is 7.18. The second-order valence-electron chi connectivity index (χ2n) is 8.82. The molecule has 0 radical (unpaired) electrons. The second-order valence-corrected chi connectivity index (χ2v) is 8.82. The highest BCUT2D eigenvalue weighted by Gasteiger charge is 2.43. The number of piperidine rings is 1. The van der Waals surface area contributed by atoms with Crippen LogP contribution in [-0.2, 0) is 9.53 Å². The summed E-state index contributed by atoms with van der Waals surface area (Å²) in [5.74, 6) is 0.809. The van der Waals surface area contributed by atoms with Crippen molar-refractivity contribution in [1.29, 1.82) is 0 Å². The van der Waals surface area contributed by atoms with E-state index in [1.165, 1.54) is 5.56 Å². The van der Waals surface area contributed by atoms with Gasteiger partial charge >= 0.3 is 0 Å². The van der Waals surface area contributed by atoms with Crippen molar-refractivity contribution in [2.45, 2.75) is 44.8 Å². The first-order valence-corrected chi connectivity index (χ1v) is 10.5. The molecule has 3 heterocycles. The molecule has 0 saturated carbocycles. The van der Waals surface area contributed by atoms with Gasteiger partial charge in [-0.3, -0.25) is 9.69 Å². The predicted octanol–water partition coefficient (Wildman–Crippen LogP) is 1.84. The molecule has 3 aliphatic rings. The highest BCUT2D eigenvalue weighted by Crippen LogP contribution is 2.42. The van der Waals surface area contributed by atoms with Gasteiger partial charge in [0.15, 0.2) is 6.61 Å². The maximum absolute atomic E-state index is 12.5. The van der Waals surface area contributed by atoms with Gasteiger partial charge in [-0.2, -0.15) is 0 Å². The van der Waals surface area contributed by atoms with Gasteiger partial charge in [0.05, 0.1) is 18.8 Å². The zero-order valence-electron chi connectivity index (χ0n) is 16.8. The summed E-state index contributed by atoms with van der Waals surface area (Å²) in [6.07, 6.45) is 4.04. The Kier molecular flexibility index (Phi) is 5.90. The van der Waals surface area contributed by atoms with Crippen molar-refractivity contribution in [2.75, 3.05) is 45.9 Å². The maximum Gasteiger partial charge on any atom is 0.260 e. The summed E-state index contributed by atoms with van der Waals surface area (Å²) >= 11 is 0. The molecule has 0 aliphatic carbocycles. The number of carbonyl (C=O) groups excluding carboxylic acids is 1. The molecule has 2 unspecified atom stereocenters. The number of aliphatic hydroxyl groups excluding tert-OH is 1. The SMILES string of the molecule is Cc1ccc(OCC(=O)N2CCC3(CC2)COC(CN2CCC(O)C2)C3)cc1.